The van der Waals surface area contributed by atoms with E-state index >= 15 is 0 Å². The first-order valence-corrected chi connectivity index (χ1v) is 8.89. The van der Waals surface area contributed by atoms with Gasteiger partial charge < -0.3 is 9.15 Å². The summed E-state index contributed by atoms with van der Waals surface area (Å²) >= 11 is 7.67. The molecule has 0 fully saturated rings. The minimum Gasteiger partial charge on any atom is -0.463 e. The Morgan fingerprint density at radius 1 is 1.12 bits per heavy atom. The van der Waals surface area contributed by atoms with Crippen LogP contribution in [-0.4, -0.2) is 5.75 Å². The number of fused-ring (bicyclic) bond motifs is 2. The average molecular weight is 357 g/mol. The molecule has 0 saturated heterocycles. The van der Waals surface area contributed by atoms with Crippen LogP contribution in [-0.2, 0) is 0 Å². The fourth-order valence-electron chi connectivity index (χ4n) is 2.67. The van der Waals surface area contributed by atoms with Crippen LogP contribution in [0, 0.1) is 0 Å². The molecule has 2 heterocycles. The molecule has 1 aliphatic heterocycles. The lowest BCUT2D eigenvalue weighted by atomic mass is 10.0. The molecule has 0 spiro atoms. The highest BCUT2D eigenvalue weighted by Crippen LogP contribution is 2.37. The number of allylic oxidation sites excluding steroid dienone is 1. The number of hydrogen-bond acceptors (Lipinski definition) is 4. The molecule has 5 heteroatoms. The number of ether oxygens (including phenoxy) is 1. The van der Waals surface area contributed by atoms with Gasteiger partial charge in [-0.05, 0) is 30.7 Å². The van der Waals surface area contributed by atoms with Crippen molar-refractivity contribution in [1.29, 1.82) is 0 Å². The van der Waals surface area contributed by atoms with E-state index in [1.54, 1.807) is 36.2 Å². The highest BCUT2D eigenvalue weighted by Gasteiger charge is 2.23. The van der Waals surface area contributed by atoms with Crippen molar-refractivity contribution in [3.63, 3.8) is 0 Å². The Hall–Kier alpha value is -2.17. The minimum absolute atomic E-state index is 0.0203. The number of hydrogen-bond donors (Lipinski definition) is 0. The summed E-state index contributed by atoms with van der Waals surface area (Å²) in [6.45, 7) is 0. The van der Waals surface area contributed by atoms with E-state index in [9.17, 15) is 4.79 Å². The zero-order valence-electron chi connectivity index (χ0n) is 12.6. The van der Waals surface area contributed by atoms with E-state index in [1.165, 1.54) is 0 Å². The van der Waals surface area contributed by atoms with Crippen LogP contribution in [0.3, 0.4) is 0 Å². The summed E-state index contributed by atoms with van der Waals surface area (Å²) in [5.41, 5.74) is 2.02. The summed E-state index contributed by atoms with van der Waals surface area (Å²) in [5, 5.41) is 1.77. The van der Waals surface area contributed by atoms with Crippen molar-refractivity contribution in [2.24, 2.45) is 0 Å². The predicted octanol–water partition coefficient (Wildman–Crippen LogP) is 5.36. The zero-order chi connectivity index (χ0) is 16.5. The standard InChI is InChI=1S/C19H13ClO3S/c20-14-6-2-4-8-16(14)22-11-12-9-10-24-19-17(12)18(21)13-5-1-3-7-15(13)23-19/h1-8,11H,9-10H2/b12-11-. The highest BCUT2D eigenvalue weighted by atomic mass is 35.5. The second-order valence-electron chi connectivity index (χ2n) is 5.38. The van der Waals surface area contributed by atoms with Gasteiger partial charge in [-0.2, -0.15) is 0 Å². The van der Waals surface area contributed by atoms with E-state index in [1.807, 2.05) is 30.3 Å². The smallest absolute Gasteiger partial charge is 0.201 e. The summed E-state index contributed by atoms with van der Waals surface area (Å²) in [6.07, 6.45) is 2.36. The lowest BCUT2D eigenvalue weighted by Gasteiger charge is -2.17. The number of para-hydroxylation sites is 2. The van der Waals surface area contributed by atoms with Gasteiger partial charge in [0, 0.05) is 11.3 Å². The number of benzene rings is 2. The molecule has 0 bridgehead atoms. The Kier molecular flexibility index (Phi) is 4.08. The number of rotatable bonds is 2. The second-order valence-corrected chi connectivity index (χ2v) is 6.85. The maximum Gasteiger partial charge on any atom is 0.201 e. The van der Waals surface area contributed by atoms with E-state index in [0.29, 0.717) is 32.4 Å². The van der Waals surface area contributed by atoms with E-state index in [4.69, 9.17) is 20.8 Å². The summed E-state index contributed by atoms with van der Waals surface area (Å²) in [6, 6.07) is 14.6. The summed E-state index contributed by atoms with van der Waals surface area (Å²) < 4.78 is 11.6. The largest absolute Gasteiger partial charge is 0.463 e. The Bertz CT molecular complexity index is 1010. The fraction of sp³-hybridized carbons (Fsp3) is 0.105. The van der Waals surface area contributed by atoms with Crippen LogP contribution in [0.25, 0.3) is 16.5 Å². The van der Waals surface area contributed by atoms with Crippen molar-refractivity contribution in [2.75, 3.05) is 5.75 Å². The lowest BCUT2D eigenvalue weighted by molar-refractivity contribution is 0.475. The maximum atomic E-state index is 12.9. The van der Waals surface area contributed by atoms with E-state index in [2.05, 4.69) is 0 Å². The van der Waals surface area contributed by atoms with Gasteiger partial charge in [-0.15, -0.1) is 0 Å². The van der Waals surface area contributed by atoms with Gasteiger partial charge in [-0.1, -0.05) is 47.6 Å². The molecule has 24 heavy (non-hydrogen) atoms. The Labute approximate surface area is 147 Å². The van der Waals surface area contributed by atoms with E-state index < -0.39 is 0 Å². The molecule has 0 unspecified atom stereocenters. The first kappa shape index (κ1) is 15.4. The molecule has 0 saturated carbocycles. The topological polar surface area (TPSA) is 39.4 Å². The van der Waals surface area contributed by atoms with Crippen LogP contribution < -0.4 is 10.2 Å². The molecular formula is C19H13ClO3S. The summed E-state index contributed by atoms with van der Waals surface area (Å²) in [5.74, 6) is 1.41. The van der Waals surface area contributed by atoms with Gasteiger partial charge in [-0.3, -0.25) is 4.79 Å². The molecule has 1 aliphatic rings. The van der Waals surface area contributed by atoms with Crippen molar-refractivity contribution in [2.45, 2.75) is 11.5 Å². The molecule has 0 radical (unpaired) electrons. The zero-order valence-corrected chi connectivity index (χ0v) is 14.2. The van der Waals surface area contributed by atoms with Gasteiger partial charge in [-0.25, -0.2) is 0 Å². The number of halogens is 1. The van der Waals surface area contributed by atoms with Crippen LogP contribution in [0.5, 0.6) is 5.75 Å². The van der Waals surface area contributed by atoms with Gasteiger partial charge in [0.15, 0.2) is 5.09 Å². The molecule has 120 valence electrons. The SMILES string of the molecule is O=c1c2c(oc3ccccc13)SCC/C2=C/Oc1ccccc1Cl. The predicted molar refractivity (Wildman–Crippen MR) is 97.9 cm³/mol. The maximum absolute atomic E-state index is 12.9. The van der Waals surface area contributed by atoms with Crippen molar-refractivity contribution in [1.82, 2.24) is 0 Å². The van der Waals surface area contributed by atoms with Gasteiger partial charge in [0.2, 0.25) is 5.43 Å². The Balaban J connectivity index is 1.81. The van der Waals surface area contributed by atoms with Crippen molar-refractivity contribution < 1.29 is 9.15 Å². The van der Waals surface area contributed by atoms with Crippen LogP contribution in [0.4, 0.5) is 0 Å². The third-order valence-corrected chi connectivity index (χ3v) is 5.13. The van der Waals surface area contributed by atoms with Crippen LogP contribution in [0.2, 0.25) is 5.02 Å². The normalized spacial score (nSPS) is 15.5. The quantitative estimate of drug-likeness (QED) is 0.579. The van der Waals surface area contributed by atoms with Gasteiger partial charge >= 0.3 is 0 Å². The molecular weight excluding hydrogens is 344 g/mol. The molecule has 2 aromatic carbocycles. The third-order valence-electron chi connectivity index (χ3n) is 3.86. The van der Waals surface area contributed by atoms with Crippen molar-refractivity contribution >= 4 is 39.9 Å². The van der Waals surface area contributed by atoms with E-state index in [0.717, 1.165) is 17.7 Å². The minimum atomic E-state index is -0.0203. The van der Waals surface area contributed by atoms with Crippen LogP contribution in [0.1, 0.15) is 12.0 Å². The van der Waals surface area contributed by atoms with Crippen molar-refractivity contribution in [3.05, 3.63) is 75.6 Å². The third kappa shape index (κ3) is 2.72. The van der Waals surface area contributed by atoms with Crippen LogP contribution in [0.15, 0.2) is 69.1 Å². The van der Waals surface area contributed by atoms with Gasteiger partial charge in [0.25, 0.3) is 0 Å². The average Bonchev–Trinajstić information content (AvgIpc) is 2.61. The molecule has 4 rings (SSSR count). The monoisotopic (exact) mass is 356 g/mol. The first-order chi connectivity index (χ1) is 11.7. The first-order valence-electron chi connectivity index (χ1n) is 7.53. The lowest BCUT2D eigenvalue weighted by Crippen LogP contribution is -2.14. The molecule has 1 aromatic heterocycles. The van der Waals surface area contributed by atoms with Gasteiger partial charge in [0.05, 0.1) is 22.2 Å². The second kappa shape index (κ2) is 6.38. The Morgan fingerprint density at radius 3 is 2.79 bits per heavy atom. The van der Waals surface area contributed by atoms with E-state index in [-0.39, 0.29) is 5.43 Å². The molecule has 0 amide bonds. The van der Waals surface area contributed by atoms with Gasteiger partial charge in [0.1, 0.15) is 11.3 Å². The molecule has 3 nitrogen and oxygen atoms in total. The van der Waals surface area contributed by atoms with Crippen LogP contribution >= 0.6 is 23.4 Å². The summed E-state index contributed by atoms with van der Waals surface area (Å²) in [4.78, 5) is 12.9. The molecule has 0 aliphatic carbocycles. The number of thioether (sulfide) groups is 1. The summed E-state index contributed by atoms with van der Waals surface area (Å²) in [7, 11) is 0. The Morgan fingerprint density at radius 2 is 1.92 bits per heavy atom. The molecule has 3 aromatic rings. The highest BCUT2D eigenvalue weighted by molar-refractivity contribution is 7.99. The molecule has 0 atom stereocenters. The fourth-order valence-corrected chi connectivity index (χ4v) is 3.88. The molecule has 0 N–H and O–H groups in total. The van der Waals surface area contributed by atoms with Crippen molar-refractivity contribution in [3.8, 4) is 5.75 Å².